The van der Waals surface area contributed by atoms with E-state index >= 15 is 0 Å². The Morgan fingerprint density at radius 3 is 2.64 bits per heavy atom. The molecule has 0 aromatic rings. The Morgan fingerprint density at radius 1 is 1.45 bits per heavy atom. The number of carbonyl (C=O) groups is 1. The number of hydrogen-bond donors (Lipinski definition) is 0. The van der Waals surface area contributed by atoms with Crippen molar-refractivity contribution in [1.29, 1.82) is 0 Å². The molecule has 2 heteroatoms. The van der Waals surface area contributed by atoms with Crippen molar-refractivity contribution in [1.82, 2.24) is 4.90 Å². The van der Waals surface area contributed by atoms with Gasteiger partial charge in [0.05, 0.1) is 0 Å². The summed E-state index contributed by atoms with van der Waals surface area (Å²) in [5.41, 5.74) is 0. The molecule has 0 atom stereocenters. The lowest BCUT2D eigenvalue weighted by molar-refractivity contribution is -0.121. The van der Waals surface area contributed by atoms with E-state index in [0.29, 0.717) is 5.78 Å². The molecule has 1 heterocycles. The molecule has 1 aliphatic heterocycles. The summed E-state index contributed by atoms with van der Waals surface area (Å²) in [5.74, 6) is 0.417. The summed E-state index contributed by atoms with van der Waals surface area (Å²) in [5, 5.41) is 0. The van der Waals surface area contributed by atoms with Crippen molar-refractivity contribution in [3.63, 3.8) is 0 Å². The fourth-order valence-corrected chi connectivity index (χ4v) is 1.30. The molecule has 0 amide bonds. The second kappa shape index (κ2) is 4.29. The van der Waals surface area contributed by atoms with E-state index in [-0.39, 0.29) is 0 Å². The van der Waals surface area contributed by atoms with Crippen molar-refractivity contribution >= 4 is 5.78 Å². The van der Waals surface area contributed by atoms with Crippen molar-refractivity contribution in [2.24, 2.45) is 0 Å². The highest BCUT2D eigenvalue weighted by atomic mass is 16.1. The number of rotatable bonds is 3. The molecule has 0 aromatic carbocycles. The van der Waals surface area contributed by atoms with Crippen LogP contribution in [0, 0.1) is 0 Å². The third-order valence-corrected chi connectivity index (χ3v) is 2.06. The highest BCUT2D eigenvalue weighted by Crippen LogP contribution is 2.05. The van der Waals surface area contributed by atoms with E-state index < -0.39 is 0 Å². The molecule has 1 aliphatic rings. The van der Waals surface area contributed by atoms with Gasteiger partial charge in [0, 0.05) is 32.5 Å². The number of Topliss-reactive ketones (excluding diaryl/α,β-unsaturated/α-hetero) is 1. The number of ketones is 1. The van der Waals surface area contributed by atoms with Gasteiger partial charge >= 0.3 is 0 Å². The van der Waals surface area contributed by atoms with Gasteiger partial charge in [0.2, 0.25) is 0 Å². The molecule has 0 aliphatic carbocycles. The standard InChI is InChI=1S/C9H15NO/c1-2-3-6-10-7-4-9(11)5-8-10/h2H,1,3-8H2. The van der Waals surface area contributed by atoms with Gasteiger partial charge in [-0.05, 0) is 6.42 Å². The lowest BCUT2D eigenvalue weighted by atomic mass is 10.1. The van der Waals surface area contributed by atoms with Crippen LogP contribution in [0.2, 0.25) is 0 Å². The van der Waals surface area contributed by atoms with E-state index in [1.165, 1.54) is 0 Å². The Kier molecular flexibility index (Phi) is 3.30. The Morgan fingerprint density at radius 2 is 2.09 bits per heavy atom. The Bertz CT molecular complexity index is 141. The van der Waals surface area contributed by atoms with Crippen molar-refractivity contribution in [3.05, 3.63) is 12.7 Å². The lowest BCUT2D eigenvalue weighted by Gasteiger charge is -2.24. The van der Waals surface area contributed by atoms with E-state index in [0.717, 1.165) is 38.9 Å². The van der Waals surface area contributed by atoms with Crippen LogP contribution in [-0.2, 0) is 4.79 Å². The van der Waals surface area contributed by atoms with E-state index in [4.69, 9.17) is 0 Å². The molecule has 1 saturated heterocycles. The van der Waals surface area contributed by atoms with E-state index in [2.05, 4.69) is 11.5 Å². The topological polar surface area (TPSA) is 20.3 Å². The van der Waals surface area contributed by atoms with Crippen molar-refractivity contribution in [2.75, 3.05) is 19.6 Å². The van der Waals surface area contributed by atoms with Crippen molar-refractivity contribution < 1.29 is 4.79 Å². The molecule has 0 unspecified atom stereocenters. The molecule has 1 rings (SSSR count). The minimum atomic E-state index is 0.417. The van der Waals surface area contributed by atoms with E-state index in [1.807, 2.05) is 6.08 Å². The molecule has 0 bridgehead atoms. The summed E-state index contributed by atoms with van der Waals surface area (Å²) in [6, 6.07) is 0. The zero-order valence-electron chi connectivity index (χ0n) is 6.88. The molecule has 2 nitrogen and oxygen atoms in total. The van der Waals surface area contributed by atoms with Crippen LogP contribution in [0.1, 0.15) is 19.3 Å². The third kappa shape index (κ3) is 2.85. The van der Waals surface area contributed by atoms with Gasteiger partial charge in [0.1, 0.15) is 5.78 Å². The van der Waals surface area contributed by atoms with Crippen molar-refractivity contribution in [3.8, 4) is 0 Å². The highest BCUT2D eigenvalue weighted by molar-refractivity contribution is 5.79. The SMILES string of the molecule is C=CCCN1CCC(=O)CC1. The normalized spacial score (nSPS) is 20.2. The number of nitrogens with zero attached hydrogens (tertiary/aromatic N) is 1. The Balaban J connectivity index is 2.16. The molecule has 11 heavy (non-hydrogen) atoms. The lowest BCUT2D eigenvalue weighted by Crippen LogP contribution is -2.34. The molecular weight excluding hydrogens is 138 g/mol. The fourth-order valence-electron chi connectivity index (χ4n) is 1.30. The van der Waals surface area contributed by atoms with Gasteiger partial charge in [-0.15, -0.1) is 6.58 Å². The summed E-state index contributed by atoms with van der Waals surface area (Å²) < 4.78 is 0. The monoisotopic (exact) mass is 153 g/mol. The third-order valence-electron chi connectivity index (χ3n) is 2.06. The predicted octanol–water partition coefficient (Wildman–Crippen LogP) is 1.23. The van der Waals surface area contributed by atoms with Crippen LogP contribution in [0.3, 0.4) is 0 Å². The summed E-state index contributed by atoms with van der Waals surface area (Å²) in [6.45, 7) is 6.63. The fraction of sp³-hybridized carbons (Fsp3) is 0.667. The van der Waals surface area contributed by atoms with Crippen molar-refractivity contribution in [2.45, 2.75) is 19.3 Å². The van der Waals surface area contributed by atoms with Crippen LogP contribution in [0.25, 0.3) is 0 Å². The zero-order chi connectivity index (χ0) is 8.10. The Labute approximate surface area is 67.9 Å². The summed E-state index contributed by atoms with van der Waals surface area (Å²) in [6.07, 6.45) is 4.46. The van der Waals surface area contributed by atoms with Gasteiger partial charge in [0.15, 0.2) is 0 Å². The first-order valence-electron chi connectivity index (χ1n) is 4.18. The number of piperidine rings is 1. The molecular formula is C9H15NO. The van der Waals surface area contributed by atoms with Gasteiger partial charge in [0.25, 0.3) is 0 Å². The first-order chi connectivity index (χ1) is 5.33. The smallest absolute Gasteiger partial charge is 0.135 e. The largest absolute Gasteiger partial charge is 0.302 e. The van der Waals surface area contributed by atoms with Crippen LogP contribution in [0.15, 0.2) is 12.7 Å². The molecule has 0 saturated carbocycles. The predicted molar refractivity (Wildman–Crippen MR) is 45.5 cm³/mol. The Hall–Kier alpha value is -0.630. The number of hydrogen-bond acceptors (Lipinski definition) is 2. The van der Waals surface area contributed by atoms with Gasteiger partial charge in [-0.2, -0.15) is 0 Å². The van der Waals surface area contributed by atoms with Crippen LogP contribution >= 0.6 is 0 Å². The maximum Gasteiger partial charge on any atom is 0.135 e. The van der Waals surface area contributed by atoms with Crippen LogP contribution < -0.4 is 0 Å². The molecule has 62 valence electrons. The highest BCUT2D eigenvalue weighted by Gasteiger charge is 2.14. The van der Waals surface area contributed by atoms with Crippen LogP contribution in [-0.4, -0.2) is 30.3 Å². The number of likely N-dealkylation sites (tertiary alicyclic amines) is 1. The van der Waals surface area contributed by atoms with Gasteiger partial charge < -0.3 is 4.90 Å². The van der Waals surface area contributed by atoms with E-state index in [9.17, 15) is 4.79 Å². The molecule has 1 fully saturated rings. The number of carbonyl (C=O) groups excluding carboxylic acids is 1. The average Bonchev–Trinajstić information content (AvgIpc) is 2.04. The van der Waals surface area contributed by atoms with Gasteiger partial charge in [-0.1, -0.05) is 6.08 Å². The maximum atomic E-state index is 10.8. The van der Waals surface area contributed by atoms with Crippen LogP contribution in [0.5, 0.6) is 0 Å². The van der Waals surface area contributed by atoms with Gasteiger partial charge in [-0.3, -0.25) is 4.79 Å². The summed E-state index contributed by atoms with van der Waals surface area (Å²) in [7, 11) is 0. The zero-order valence-corrected chi connectivity index (χ0v) is 6.88. The molecule has 0 N–H and O–H groups in total. The van der Waals surface area contributed by atoms with Crippen LogP contribution in [0.4, 0.5) is 0 Å². The summed E-state index contributed by atoms with van der Waals surface area (Å²) >= 11 is 0. The first kappa shape index (κ1) is 8.47. The second-order valence-corrected chi connectivity index (χ2v) is 2.96. The summed E-state index contributed by atoms with van der Waals surface area (Å²) in [4.78, 5) is 13.2. The maximum absolute atomic E-state index is 10.8. The molecule has 0 aromatic heterocycles. The van der Waals surface area contributed by atoms with E-state index in [1.54, 1.807) is 0 Å². The molecule has 0 spiro atoms. The average molecular weight is 153 g/mol. The van der Waals surface area contributed by atoms with Gasteiger partial charge in [-0.25, -0.2) is 0 Å². The minimum Gasteiger partial charge on any atom is -0.302 e. The second-order valence-electron chi connectivity index (χ2n) is 2.96. The first-order valence-corrected chi connectivity index (χ1v) is 4.18. The quantitative estimate of drug-likeness (QED) is 0.568. The molecule has 0 radical (unpaired) electrons. The minimum absolute atomic E-state index is 0.417.